The van der Waals surface area contributed by atoms with Crippen LogP contribution in [-0.4, -0.2) is 17.4 Å². The second-order valence-corrected chi connectivity index (χ2v) is 9.81. The van der Waals surface area contributed by atoms with E-state index in [1.165, 1.54) is 24.3 Å². The zero-order valence-electron chi connectivity index (χ0n) is 20.9. The van der Waals surface area contributed by atoms with Crippen molar-refractivity contribution in [3.8, 4) is 11.5 Å². The number of phenolic OH excluding ortho intramolecular Hbond substituents is 1. The molecule has 2 N–H and O–H groups in total. The fourth-order valence-corrected chi connectivity index (χ4v) is 4.99. The maximum Gasteiger partial charge on any atom is 0.573 e. The molecule has 0 saturated carbocycles. The van der Waals surface area contributed by atoms with E-state index in [9.17, 15) is 36.2 Å². The van der Waals surface area contributed by atoms with Crippen molar-refractivity contribution in [1.29, 1.82) is 0 Å². The van der Waals surface area contributed by atoms with Gasteiger partial charge in [0.2, 0.25) is 5.91 Å². The second-order valence-electron chi connectivity index (χ2n) is 9.81. The molecule has 202 valence electrons. The molecule has 1 unspecified atom stereocenters. The van der Waals surface area contributed by atoms with E-state index in [1.54, 1.807) is 12.1 Å². The van der Waals surface area contributed by atoms with Gasteiger partial charge in [-0.05, 0) is 52.3 Å². The number of fused-ring (bicyclic) bond motifs is 1. The number of anilines is 1. The lowest BCUT2D eigenvalue weighted by Crippen LogP contribution is -2.37. The van der Waals surface area contributed by atoms with Crippen LogP contribution >= 0.6 is 0 Å². The number of benzene rings is 3. The van der Waals surface area contributed by atoms with Crippen LogP contribution in [0.3, 0.4) is 0 Å². The normalized spacial score (nSPS) is 17.6. The van der Waals surface area contributed by atoms with Crippen LogP contribution in [0.15, 0.2) is 54.6 Å². The summed E-state index contributed by atoms with van der Waals surface area (Å²) in [6, 6.07) is 11.0. The largest absolute Gasteiger partial charge is 0.573 e. The summed E-state index contributed by atoms with van der Waals surface area (Å²) >= 11 is 0. The molecule has 3 aromatic rings. The Morgan fingerprint density at radius 2 is 1.39 bits per heavy atom. The Hall–Kier alpha value is -3.69. The number of hydrogen-bond acceptors (Lipinski definition) is 3. The summed E-state index contributed by atoms with van der Waals surface area (Å²) in [7, 11) is 0. The van der Waals surface area contributed by atoms with Gasteiger partial charge in [-0.2, -0.15) is 13.2 Å². The number of alkyl halides is 6. The standard InChI is InChI=1S/C28H25F6NO3/c1-14(2)19-12-17(13-20(15(3)4)24(19)36)26(16-8-10-18(11-9-16)38-28(32,33)34)21-6-5-7-22(27(29,30)31)23(21)35-25(26)37/h5-15,36H,1-4H3,(H,35,37). The van der Waals surface area contributed by atoms with Crippen molar-refractivity contribution in [2.75, 3.05) is 5.32 Å². The van der Waals surface area contributed by atoms with Crippen molar-refractivity contribution in [3.63, 3.8) is 0 Å². The molecule has 4 rings (SSSR count). The smallest absolute Gasteiger partial charge is 0.507 e. The molecule has 0 aromatic heterocycles. The van der Waals surface area contributed by atoms with E-state index in [4.69, 9.17) is 0 Å². The highest BCUT2D eigenvalue weighted by Crippen LogP contribution is 2.53. The van der Waals surface area contributed by atoms with Crippen LogP contribution in [0.5, 0.6) is 11.5 Å². The minimum Gasteiger partial charge on any atom is -0.507 e. The Morgan fingerprint density at radius 3 is 1.87 bits per heavy atom. The van der Waals surface area contributed by atoms with Gasteiger partial charge in [-0.3, -0.25) is 4.79 Å². The third-order valence-electron chi connectivity index (χ3n) is 6.72. The van der Waals surface area contributed by atoms with Gasteiger partial charge in [0.25, 0.3) is 0 Å². The van der Waals surface area contributed by atoms with Crippen molar-refractivity contribution in [2.24, 2.45) is 0 Å². The maximum absolute atomic E-state index is 13.9. The molecular formula is C28H25F6NO3. The molecule has 0 aliphatic carbocycles. The minimum absolute atomic E-state index is 0.00285. The SMILES string of the molecule is CC(C)c1cc(C2(c3ccc(OC(F)(F)F)cc3)C(=O)Nc3c(C(F)(F)F)cccc32)cc(C(C)C)c1O. The molecule has 1 atom stereocenters. The number of carbonyl (C=O) groups excluding carboxylic acids is 1. The van der Waals surface area contributed by atoms with Crippen LogP contribution in [0.4, 0.5) is 32.0 Å². The van der Waals surface area contributed by atoms with Gasteiger partial charge in [-0.25, -0.2) is 0 Å². The topological polar surface area (TPSA) is 58.6 Å². The van der Waals surface area contributed by atoms with Gasteiger partial charge >= 0.3 is 12.5 Å². The van der Waals surface area contributed by atoms with E-state index >= 15 is 0 Å². The molecule has 1 heterocycles. The first kappa shape index (κ1) is 27.3. The number of amides is 1. The van der Waals surface area contributed by atoms with Crippen LogP contribution in [0.1, 0.15) is 72.9 Å². The van der Waals surface area contributed by atoms with Gasteiger partial charge in [0.15, 0.2) is 0 Å². The first-order valence-electron chi connectivity index (χ1n) is 11.8. The molecule has 0 radical (unpaired) electrons. The molecule has 1 aliphatic rings. The monoisotopic (exact) mass is 537 g/mol. The molecule has 1 amide bonds. The van der Waals surface area contributed by atoms with E-state index in [1.807, 2.05) is 27.7 Å². The number of phenols is 1. The molecule has 0 bridgehead atoms. The summed E-state index contributed by atoms with van der Waals surface area (Å²) in [6.07, 6.45) is -9.73. The van der Waals surface area contributed by atoms with Crippen molar-refractivity contribution >= 4 is 11.6 Å². The van der Waals surface area contributed by atoms with E-state index in [-0.39, 0.29) is 34.3 Å². The van der Waals surface area contributed by atoms with Gasteiger partial charge in [0.1, 0.15) is 16.9 Å². The van der Waals surface area contributed by atoms with Crippen LogP contribution in [-0.2, 0) is 16.4 Å². The van der Waals surface area contributed by atoms with Crippen LogP contribution in [0.2, 0.25) is 0 Å². The number of hydrogen-bond donors (Lipinski definition) is 2. The average Bonchev–Trinajstić information content (AvgIpc) is 3.10. The molecule has 3 aromatic carbocycles. The number of aromatic hydroxyl groups is 1. The number of halogens is 6. The molecule has 0 saturated heterocycles. The van der Waals surface area contributed by atoms with E-state index < -0.39 is 40.9 Å². The van der Waals surface area contributed by atoms with Gasteiger partial charge in [-0.15, -0.1) is 13.2 Å². The lowest BCUT2D eigenvalue weighted by Gasteiger charge is -2.31. The zero-order chi connectivity index (χ0) is 28.2. The van der Waals surface area contributed by atoms with Crippen LogP contribution in [0, 0.1) is 0 Å². The molecule has 0 spiro atoms. The Balaban J connectivity index is 2.09. The van der Waals surface area contributed by atoms with Gasteiger partial charge in [0.05, 0.1) is 11.3 Å². The van der Waals surface area contributed by atoms with Crippen LogP contribution in [0.25, 0.3) is 0 Å². The number of carbonyl (C=O) groups is 1. The fraction of sp³-hybridized carbons (Fsp3) is 0.321. The van der Waals surface area contributed by atoms with Crippen molar-refractivity contribution in [2.45, 2.75) is 57.5 Å². The Bertz CT molecular complexity index is 1350. The second kappa shape index (κ2) is 9.25. The number of ether oxygens (including phenoxy) is 1. The maximum atomic E-state index is 13.9. The summed E-state index contributed by atoms with van der Waals surface area (Å²) in [6.45, 7) is 7.29. The summed E-state index contributed by atoms with van der Waals surface area (Å²) in [5, 5.41) is 13.3. The lowest BCUT2D eigenvalue weighted by atomic mass is 9.68. The lowest BCUT2D eigenvalue weighted by molar-refractivity contribution is -0.274. The van der Waals surface area contributed by atoms with Crippen molar-refractivity contribution < 1.29 is 41.0 Å². The molecule has 38 heavy (non-hydrogen) atoms. The predicted molar refractivity (Wildman–Crippen MR) is 129 cm³/mol. The number of rotatable bonds is 5. The third kappa shape index (κ3) is 4.56. The fourth-order valence-electron chi connectivity index (χ4n) is 4.99. The quantitative estimate of drug-likeness (QED) is 0.326. The Labute approximate surface area is 215 Å². The third-order valence-corrected chi connectivity index (χ3v) is 6.72. The van der Waals surface area contributed by atoms with Gasteiger partial charge in [0, 0.05) is 5.56 Å². The molecule has 4 nitrogen and oxygen atoms in total. The molecular weight excluding hydrogens is 512 g/mol. The summed E-state index contributed by atoms with van der Waals surface area (Å²) in [4.78, 5) is 13.8. The first-order valence-corrected chi connectivity index (χ1v) is 11.8. The zero-order valence-corrected chi connectivity index (χ0v) is 20.9. The molecule has 0 fully saturated rings. The van der Waals surface area contributed by atoms with Gasteiger partial charge < -0.3 is 15.2 Å². The van der Waals surface area contributed by atoms with Crippen LogP contribution < -0.4 is 10.1 Å². The molecule has 1 aliphatic heterocycles. The summed E-state index contributed by atoms with van der Waals surface area (Å²) in [5.41, 5.74) is -1.95. The average molecular weight is 538 g/mol. The van der Waals surface area contributed by atoms with Crippen molar-refractivity contribution in [1.82, 2.24) is 0 Å². The summed E-state index contributed by atoms with van der Waals surface area (Å²) < 4.78 is 84.0. The van der Waals surface area contributed by atoms with Crippen molar-refractivity contribution in [3.05, 3.63) is 88.0 Å². The Morgan fingerprint density at radius 1 is 0.842 bits per heavy atom. The minimum atomic E-state index is -4.95. The highest BCUT2D eigenvalue weighted by Gasteiger charge is 2.53. The number of para-hydroxylation sites is 1. The highest BCUT2D eigenvalue weighted by atomic mass is 19.4. The van der Waals surface area contributed by atoms with E-state index in [2.05, 4.69) is 10.1 Å². The Kier molecular flexibility index (Phi) is 6.66. The van der Waals surface area contributed by atoms with E-state index in [0.29, 0.717) is 11.1 Å². The molecule has 10 heteroatoms. The highest BCUT2D eigenvalue weighted by molar-refractivity contribution is 6.12. The van der Waals surface area contributed by atoms with Gasteiger partial charge in [-0.1, -0.05) is 64.1 Å². The predicted octanol–water partition coefficient (Wildman–Crippen LogP) is 7.84. The summed E-state index contributed by atoms with van der Waals surface area (Å²) in [5.74, 6) is -1.75. The number of nitrogens with one attached hydrogen (secondary N) is 1. The first-order chi connectivity index (χ1) is 17.6. The van der Waals surface area contributed by atoms with E-state index in [0.717, 1.165) is 18.2 Å².